The number of ketones is 1. The van der Waals surface area contributed by atoms with Gasteiger partial charge in [-0.15, -0.1) is 0 Å². The van der Waals surface area contributed by atoms with Gasteiger partial charge in [0.2, 0.25) is 5.95 Å². The molecule has 136 valence electrons. The standard InChI is InChI=1S/C19H22N4O3/c1-10-7-13-17(14(24)8-10)18(23-19(21-13)20-11(2)22-23)12-5-6-15(25-3)16(9-12)26-4/h5-6,9-10,18H,7-8H2,1-4H3,(H,20,21,22)/t10-,18+/m1/s1. The van der Waals surface area contributed by atoms with Crippen LogP contribution in [0.1, 0.15) is 37.2 Å². The van der Waals surface area contributed by atoms with Crippen molar-refractivity contribution in [3.8, 4) is 11.5 Å². The Bertz CT molecular complexity index is 916. The van der Waals surface area contributed by atoms with Crippen molar-refractivity contribution < 1.29 is 14.3 Å². The number of carbonyl (C=O) groups excluding carboxylic acids is 1. The Morgan fingerprint density at radius 3 is 2.69 bits per heavy atom. The van der Waals surface area contributed by atoms with Crippen molar-refractivity contribution in [2.24, 2.45) is 5.92 Å². The SMILES string of the molecule is COc1ccc([C@H]2C3=C(C[C@@H](C)CC3=O)Nc3nc(C)nn32)cc1OC. The number of nitrogens with zero attached hydrogens (tertiary/aromatic N) is 3. The molecule has 0 unspecified atom stereocenters. The number of methoxy groups -OCH3 is 2. The summed E-state index contributed by atoms with van der Waals surface area (Å²) in [5.41, 5.74) is 2.65. The Hall–Kier alpha value is -2.83. The molecule has 0 saturated carbocycles. The van der Waals surface area contributed by atoms with Crippen molar-refractivity contribution in [2.45, 2.75) is 32.7 Å². The first kappa shape index (κ1) is 16.6. The van der Waals surface area contributed by atoms with Crippen molar-refractivity contribution in [1.82, 2.24) is 14.8 Å². The van der Waals surface area contributed by atoms with Crippen LogP contribution in [0.5, 0.6) is 11.5 Å². The molecule has 0 spiro atoms. The van der Waals surface area contributed by atoms with Crippen LogP contribution in [0.15, 0.2) is 29.5 Å². The van der Waals surface area contributed by atoms with Crippen LogP contribution in [0, 0.1) is 12.8 Å². The predicted molar refractivity (Wildman–Crippen MR) is 96.5 cm³/mol. The highest BCUT2D eigenvalue weighted by Crippen LogP contribution is 2.42. The molecule has 0 bridgehead atoms. The topological polar surface area (TPSA) is 78.3 Å². The maximum absolute atomic E-state index is 12.9. The number of ether oxygens (including phenoxy) is 2. The van der Waals surface area contributed by atoms with Crippen LogP contribution in [-0.4, -0.2) is 34.8 Å². The second-order valence-electron chi connectivity index (χ2n) is 6.90. The molecule has 2 aromatic rings. The molecule has 0 radical (unpaired) electrons. The van der Waals surface area contributed by atoms with Gasteiger partial charge in [0.15, 0.2) is 17.3 Å². The third kappa shape index (κ3) is 2.55. The Morgan fingerprint density at radius 2 is 1.96 bits per heavy atom. The van der Waals surface area contributed by atoms with Crippen LogP contribution in [-0.2, 0) is 4.79 Å². The zero-order valence-corrected chi connectivity index (χ0v) is 15.4. The van der Waals surface area contributed by atoms with Gasteiger partial charge in [-0.05, 0) is 37.0 Å². The number of Topliss-reactive ketones (excluding diaryl/α,β-unsaturated/α-hetero) is 1. The van der Waals surface area contributed by atoms with Crippen LogP contribution in [0.2, 0.25) is 0 Å². The van der Waals surface area contributed by atoms with Gasteiger partial charge in [-0.1, -0.05) is 13.0 Å². The molecule has 1 aliphatic carbocycles. The molecule has 0 amide bonds. The van der Waals surface area contributed by atoms with Gasteiger partial charge in [0.05, 0.1) is 14.2 Å². The van der Waals surface area contributed by atoms with E-state index in [1.165, 1.54) is 0 Å². The van der Waals surface area contributed by atoms with E-state index in [4.69, 9.17) is 9.47 Å². The van der Waals surface area contributed by atoms with Gasteiger partial charge in [0, 0.05) is 17.7 Å². The van der Waals surface area contributed by atoms with Gasteiger partial charge in [0.25, 0.3) is 0 Å². The molecular weight excluding hydrogens is 332 g/mol. The fraction of sp³-hybridized carbons (Fsp3) is 0.421. The largest absolute Gasteiger partial charge is 0.493 e. The summed E-state index contributed by atoms with van der Waals surface area (Å²) in [5.74, 6) is 3.08. The molecule has 1 aromatic heterocycles. The number of anilines is 1. The number of aromatic nitrogens is 3. The summed E-state index contributed by atoms with van der Waals surface area (Å²) in [6, 6.07) is 5.40. The molecule has 2 heterocycles. The molecule has 1 aliphatic heterocycles. The molecule has 4 rings (SSSR count). The summed E-state index contributed by atoms with van der Waals surface area (Å²) in [6.07, 6.45) is 1.38. The number of rotatable bonds is 3. The van der Waals surface area contributed by atoms with Crippen molar-refractivity contribution in [2.75, 3.05) is 19.5 Å². The number of nitrogens with one attached hydrogen (secondary N) is 1. The highest BCUT2D eigenvalue weighted by molar-refractivity contribution is 5.99. The third-order valence-electron chi connectivity index (χ3n) is 4.95. The van der Waals surface area contributed by atoms with Crippen LogP contribution in [0.3, 0.4) is 0 Å². The molecular formula is C19H22N4O3. The van der Waals surface area contributed by atoms with Gasteiger partial charge in [-0.25, -0.2) is 4.68 Å². The first-order chi connectivity index (χ1) is 12.5. The number of hydrogen-bond donors (Lipinski definition) is 1. The Labute approximate surface area is 152 Å². The minimum Gasteiger partial charge on any atom is -0.493 e. The zero-order chi connectivity index (χ0) is 18.4. The number of aryl methyl sites for hydroxylation is 1. The number of allylic oxidation sites excluding steroid dienone is 2. The molecule has 2 aliphatic rings. The van der Waals surface area contributed by atoms with Gasteiger partial charge < -0.3 is 14.8 Å². The lowest BCUT2D eigenvalue weighted by Crippen LogP contribution is -2.33. The summed E-state index contributed by atoms with van der Waals surface area (Å²) in [7, 11) is 3.21. The lowest BCUT2D eigenvalue weighted by molar-refractivity contribution is -0.117. The molecule has 1 N–H and O–H groups in total. The Balaban J connectivity index is 1.90. The first-order valence-electron chi connectivity index (χ1n) is 8.70. The monoisotopic (exact) mass is 354 g/mol. The van der Waals surface area contributed by atoms with E-state index in [9.17, 15) is 4.79 Å². The van der Waals surface area contributed by atoms with Crippen LogP contribution >= 0.6 is 0 Å². The number of hydrogen-bond acceptors (Lipinski definition) is 6. The summed E-state index contributed by atoms with van der Waals surface area (Å²) in [6.45, 7) is 3.95. The van der Waals surface area contributed by atoms with Crippen molar-refractivity contribution >= 4 is 11.7 Å². The molecule has 0 fully saturated rings. The second kappa shape index (κ2) is 6.16. The van der Waals surface area contributed by atoms with E-state index in [1.54, 1.807) is 18.9 Å². The van der Waals surface area contributed by atoms with E-state index >= 15 is 0 Å². The predicted octanol–water partition coefficient (Wildman–Crippen LogP) is 2.87. The maximum atomic E-state index is 12.9. The number of carbonyl (C=O) groups is 1. The molecule has 2 atom stereocenters. The smallest absolute Gasteiger partial charge is 0.226 e. The van der Waals surface area contributed by atoms with Crippen molar-refractivity contribution in [3.63, 3.8) is 0 Å². The fourth-order valence-electron chi connectivity index (χ4n) is 3.84. The average Bonchev–Trinajstić information content (AvgIpc) is 2.98. The van der Waals surface area contributed by atoms with Crippen LogP contribution < -0.4 is 14.8 Å². The molecule has 1 aromatic carbocycles. The Kier molecular flexibility index (Phi) is 3.94. The summed E-state index contributed by atoms with van der Waals surface area (Å²) in [5, 5.41) is 7.86. The minimum absolute atomic E-state index is 0.157. The van der Waals surface area contributed by atoms with Crippen molar-refractivity contribution in [1.29, 1.82) is 0 Å². The normalized spacial score (nSPS) is 21.8. The zero-order valence-electron chi connectivity index (χ0n) is 15.4. The molecule has 26 heavy (non-hydrogen) atoms. The number of fused-ring (bicyclic) bond motifs is 1. The molecule has 7 nitrogen and oxygen atoms in total. The molecule has 7 heteroatoms. The second-order valence-corrected chi connectivity index (χ2v) is 6.90. The van der Waals surface area contributed by atoms with Gasteiger partial charge in [-0.2, -0.15) is 10.1 Å². The van der Waals surface area contributed by atoms with E-state index in [2.05, 4.69) is 22.3 Å². The first-order valence-corrected chi connectivity index (χ1v) is 8.70. The summed E-state index contributed by atoms with van der Waals surface area (Å²) in [4.78, 5) is 17.4. The summed E-state index contributed by atoms with van der Waals surface area (Å²) >= 11 is 0. The highest BCUT2D eigenvalue weighted by Gasteiger charge is 2.38. The van der Waals surface area contributed by atoms with Crippen LogP contribution in [0.4, 0.5) is 5.95 Å². The van der Waals surface area contributed by atoms with Crippen molar-refractivity contribution in [3.05, 3.63) is 40.9 Å². The number of benzene rings is 1. The average molecular weight is 354 g/mol. The maximum Gasteiger partial charge on any atom is 0.226 e. The highest BCUT2D eigenvalue weighted by atomic mass is 16.5. The van der Waals surface area contributed by atoms with E-state index in [1.807, 2.05) is 25.1 Å². The molecule has 0 saturated heterocycles. The lowest BCUT2D eigenvalue weighted by atomic mass is 9.81. The van der Waals surface area contributed by atoms with E-state index < -0.39 is 0 Å². The quantitative estimate of drug-likeness (QED) is 0.913. The van der Waals surface area contributed by atoms with E-state index in [-0.39, 0.29) is 11.8 Å². The minimum atomic E-state index is -0.317. The van der Waals surface area contributed by atoms with Crippen LogP contribution in [0.25, 0.3) is 0 Å². The van der Waals surface area contributed by atoms with E-state index in [0.717, 1.165) is 23.3 Å². The van der Waals surface area contributed by atoms with Gasteiger partial charge in [-0.3, -0.25) is 4.79 Å². The van der Waals surface area contributed by atoms with E-state index in [0.29, 0.717) is 35.6 Å². The summed E-state index contributed by atoms with van der Waals surface area (Å²) < 4.78 is 12.6. The lowest BCUT2D eigenvalue weighted by Gasteiger charge is -2.34. The third-order valence-corrected chi connectivity index (χ3v) is 4.95. The fourth-order valence-corrected chi connectivity index (χ4v) is 3.84. The van der Waals surface area contributed by atoms with Gasteiger partial charge >= 0.3 is 0 Å². The van der Waals surface area contributed by atoms with Gasteiger partial charge in [0.1, 0.15) is 11.9 Å². The Morgan fingerprint density at radius 1 is 1.19 bits per heavy atom.